The van der Waals surface area contributed by atoms with Gasteiger partial charge >= 0.3 is 0 Å². The lowest BCUT2D eigenvalue weighted by molar-refractivity contribution is 0.0442. The number of nitrogens with zero attached hydrogens (tertiary/aromatic N) is 5. The second-order valence-electron chi connectivity index (χ2n) is 11.1. The summed E-state index contributed by atoms with van der Waals surface area (Å²) in [6.07, 6.45) is 4.89. The first-order valence-corrected chi connectivity index (χ1v) is 14.0. The molecular formula is C30H35N7O4. The number of nitrogens with one attached hydrogen (secondary N) is 2. The van der Waals surface area contributed by atoms with Crippen LogP contribution in [-0.4, -0.2) is 75.3 Å². The Kier molecular flexibility index (Phi) is 7.08. The highest BCUT2D eigenvalue weighted by Gasteiger charge is 2.44. The number of anilines is 3. The van der Waals surface area contributed by atoms with E-state index in [4.69, 9.17) is 19.5 Å². The summed E-state index contributed by atoms with van der Waals surface area (Å²) >= 11 is 0. The molecular weight excluding hydrogens is 522 g/mol. The zero-order chi connectivity index (χ0) is 28.6. The molecule has 3 aliphatic heterocycles. The van der Waals surface area contributed by atoms with Crippen molar-refractivity contribution in [3.63, 3.8) is 0 Å². The Labute approximate surface area is 239 Å². The maximum Gasteiger partial charge on any atom is 0.258 e. The van der Waals surface area contributed by atoms with Crippen LogP contribution < -0.4 is 10.6 Å². The largest absolute Gasteiger partial charge is 0.475 e. The summed E-state index contributed by atoms with van der Waals surface area (Å²) in [7, 11) is 0. The monoisotopic (exact) mass is 557 g/mol. The molecule has 41 heavy (non-hydrogen) atoms. The minimum absolute atomic E-state index is 0.0661. The fraction of sp³-hybridized carbons (Fsp3) is 0.433. The molecule has 1 spiro atoms. The Hall–Kier alpha value is -4.09. The summed E-state index contributed by atoms with van der Waals surface area (Å²) in [5.41, 5.74) is 2.70. The Balaban J connectivity index is 1.34. The number of benzene rings is 1. The topological polar surface area (TPSA) is 134 Å². The van der Waals surface area contributed by atoms with Crippen LogP contribution in [0.1, 0.15) is 66.8 Å². The van der Waals surface area contributed by atoms with Gasteiger partial charge in [0, 0.05) is 38.2 Å². The summed E-state index contributed by atoms with van der Waals surface area (Å²) in [6.45, 7) is 8.20. The van der Waals surface area contributed by atoms with Gasteiger partial charge in [-0.1, -0.05) is 30.3 Å². The van der Waals surface area contributed by atoms with E-state index in [1.165, 1.54) is 0 Å². The summed E-state index contributed by atoms with van der Waals surface area (Å²) in [5, 5.41) is 17.0. The van der Waals surface area contributed by atoms with Gasteiger partial charge in [-0.25, -0.2) is 19.9 Å². The van der Waals surface area contributed by atoms with Crippen molar-refractivity contribution in [3.8, 4) is 0 Å². The van der Waals surface area contributed by atoms with Crippen molar-refractivity contribution < 1.29 is 19.4 Å². The lowest BCUT2D eigenvalue weighted by Gasteiger charge is -2.30. The molecule has 3 aromatic rings. The second-order valence-corrected chi connectivity index (χ2v) is 11.1. The molecule has 0 aliphatic carbocycles. The van der Waals surface area contributed by atoms with E-state index in [1.54, 1.807) is 17.3 Å². The molecule has 11 nitrogen and oxygen atoms in total. The van der Waals surface area contributed by atoms with Crippen molar-refractivity contribution in [1.29, 1.82) is 0 Å². The number of aromatic nitrogens is 3. The molecule has 1 saturated heterocycles. The third kappa shape index (κ3) is 5.00. The van der Waals surface area contributed by atoms with Gasteiger partial charge in [-0.15, -0.1) is 0 Å². The number of rotatable bonds is 8. The van der Waals surface area contributed by atoms with Crippen LogP contribution in [0.25, 0.3) is 0 Å². The van der Waals surface area contributed by atoms with E-state index in [9.17, 15) is 9.90 Å². The van der Waals surface area contributed by atoms with Crippen LogP contribution in [0.15, 0.2) is 53.8 Å². The Bertz CT molecular complexity index is 1470. The quantitative estimate of drug-likeness (QED) is 0.378. The molecule has 3 aliphatic rings. The molecule has 2 aromatic heterocycles. The molecule has 5 heterocycles. The molecule has 0 saturated carbocycles. The molecule has 1 fully saturated rings. The zero-order valence-electron chi connectivity index (χ0n) is 23.6. The number of aliphatic hydroxyl groups excluding tert-OH is 1. The highest BCUT2D eigenvalue weighted by Crippen LogP contribution is 2.38. The van der Waals surface area contributed by atoms with Gasteiger partial charge in [0.1, 0.15) is 18.0 Å². The third-order valence-corrected chi connectivity index (χ3v) is 8.16. The normalized spacial score (nSPS) is 19.5. The van der Waals surface area contributed by atoms with Gasteiger partial charge in [0.2, 0.25) is 11.8 Å². The van der Waals surface area contributed by atoms with Crippen molar-refractivity contribution in [1.82, 2.24) is 19.9 Å². The molecule has 11 heteroatoms. The van der Waals surface area contributed by atoms with E-state index in [-0.39, 0.29) is 24.1 Å². The van der Waals surface area contributed by atoms with Crippen LogP contribution in [0.3, 0.4) is 0 Å². The van der Waals surface area contributed by atoms with Crippen LogP contribution in [-0.2, 0) is 15.0 Å². The van der Waals surface area contributed by atoms with E-state index in [2.05, 4.69) is 20.6 Å². The highest BCUT2D eigenvalue weighted by molar-refractivity contribution is 6.01. The summed E-state index contributed by atoms with van der Waals surface area (Å²) in [6, 6.07) is 11.2. The number of carbonyl (C=O) groups is 1. The van der Waals surface area contributed by atoms with Gasteiger partial charge in [-0.2, -0.15) is 0 Å². The van der Waals surface area contributed by atoms with Crippen molar-refractivity contribution in [2.24, 2.45) is 4.99 Å². The van der Waals surface area contributed by atoms with E-state index in [0.717, 1.165) is 18.4 Å². The number of carbonyl (C=O) groups excluding carboxylic acids is 1. The van der Waals surface area contributed by atoms with Gasteiger partial charge in [0.05, 0.1) is 40.7 Å². The first-order valence-electron chi connectivity index (χ1n) is 14.0. The van der Waals surface area contributed by atoms with Crippen molar-refractivity contribution in [3.05, 3.63) is 71.2 Å². The van der Waals surface area contributed by atoms with Gasteiger partial charge in [0.15, 0.2) is 0 Å². The molecule has 0 bridgehead atoms. The van der Waals surface area contributed by atoms with Crippen LogP contribution in [0.5, 0.6) is 0 Å². The molecule has 0 unspecified atom stereocenters. The van der Waals surface area contributed by atoms with Crippen molar-refractivity contribution in [2.45, 2.75) is 50.7 Å². The molecule has 1 aromatic carbocycles. The number of ether oxygens (including phenoxy) is 2. The first kappa shape index (κ1) is 27.1. The van der Waals surface area contributed by atoms with Gasteiger partial charge in [0.25, 0.3) is 5.91 Å². The van der Waals surface area contributed by atoms with Crippen LogP contribution >= 0.6 is 0 Å². The second kappa shape index (κ2) is 10.7. The van der Waals surface area contributed by atoms with E-state index in [0.29, 0.717) is 66.5 Å². The van der Waals surface area contributed by atoms with E-state index in [1.807, 2.05) is 57.2 Å². The van der Waals surface area contributed by atoms with Gasteiger partial charge in [-0.05, 0) is 39.2 Å². The SMILES string of the molecule is CCN1C(=O)c2cnc(Nc3cc(N[C@H](CO)c4ccccc4)c(C4=NC5(CCOCC5)CO4)cn3)nc2C1(C)C. The standard InChI is InChI=1S/C30H35N7O4/c1-4-37-27(39)21-16-32-28(35-25(21)29(37,2)3)34-24-14-22(33-23(17-38)19-8-6-5-7-9-19)20(15-31-24)26-36-30(18-41-26)10-12-40-13-11-30/h5-9,14-16,23,38H,4,10-13,17-18H2,1-3H3,(H2,31,32,33,34,35)/t23-/m1/s1. The van der Waals surface area contributed by atoms with Crippen LogP contribution in [0, 0.1) is 0 Å². The fourth-order valence-electron chi connectivity index (χ4n) is 5.79. The Morgan fingerprint density at radius 2 is 1.85 bits per heavy atom. The average molecular weight is 558 g/mol. The van der Waals surface area contributed by atoms with E-state index < -0.39 is 5.54 Å². The van der Waals surface area contributed by atoms with Gasteiger partial charge in [-0.3, -0.25) is 4.79 Å². The number of aliphatic hydroxyl groups is 1. The minimum Gasteiger partial charge on any atom is -0.475 e. The lowest BCUT2D eigenvalue weighted by atomic mass is 9.92. The maximum absolute atomic E-state index is 12.8. The third-order valence-electron chi connectivity index (χ3n) is 8.16. The smallest absolute Gasteiger partial charge is 0.258 e. The predicted octanol–water partition coefficient (Wildman–Crippen LogP) is 3.80. The van der Waals surface area contributed by atoms with Crippen LogP contribution in [0.2, 0.25) is 0 Å². The lowest BCUT2D eigenvalue weighted by Crippen LogP contribution is -2.39. The number of fused-ring (bicyclic) bond motifs is 1. The highest BCUT2D eigenvalue weighted by atomic mass is 16.5. The zero-order valence-corrected chi connectivity index (χ0v) is 23.6. The maximum atomic E-state index is 12.8. The molecule has 1 atom stereocenters. The Morgan fingerprint density at radius 3 is 2.59 bits per heavy atom. The fourth-order valence-corrected chi connectivity index (χ4v) is 5.79. The number of amides is 1. The minimum atomic E-state index is -0.549. The molecule has 1 amide bonds. The van der Waals surface area contributed by atoms with Gasteiger partial charge < -0.3 is 30.1 Å². The number of hydrogen-bond acceptors (Lipinski definition) is 10. The molecule has 3 N–H and O–H groups in total. The molecule has 0 radical (unpaired) electrons. The Morgan fingerprint density at radius 1 is 1.10 bits per heavy atom. The first-order chi connectivity index (χ1) is 19.8. The summed E-state index contributed by atoms with van der Waals surface area (Å²) in [4.78, 5) is 33.4. The average Bonchev–Trinajstić information content (AvgIpc) is 3.47. The predicted molar refractivity (Wildman–Crippen MR) is 154 cm³/mol. The molecule has 6 rings (SSSR count). The van der Waals surface area contributed by atoms with Crippen molar-refractivity contribution in [2.75, 3.05) is 43.6 Å². The van der Waals surface area contributed by atoms with Crippen LogP contribution in [0.4, 0.5) is 17.5 Å². The summed E-state index contributed by atoms with van der Waals surface area (Å²) < 4.78 is 11.7. The summed E-state index contributed by atoms with van der Waals surface area (Å²) in [5.74, 6) is 1.29. The number of hydrogen-bond donors (Lipinski definition) is 3. The van der Waals surface area contributed by atoms with E-state index >= 15 is 0 Å². The molecule has 214 valence electrons. The number of aliphatic imine (C=N–C) groups is 1. The van der Waals surface area contributed by atoms with Crippen molar-refractivity contribution >= 4 is 29.3 Å². The number of pyridine rings is 1.